The molecule has 106 valence electrons. The van der Waals surface area contributed by atoms with Crippen LogP contribution in [0.25, 0.3) is 0 Å². The van der Waals surface area contributed by atoms with Crippen molar-refractivity contribution in [2.75, 3.05) is 11.9 Å². The third-order valence-corrected chi connectivity index (χ3v) is 3.11. The van der Waals surface area contributed by atoms with E-state index in [0.717, 1.165) is 17.8 Å². The number of carbonyl (C=O) groups excluding carboxylic acids is 1. The number of hydrogen-bond acceptors (Lipinski definition) is 4. The first kappa shape index (κ1) is 14.3. The molecule has 0 saturated carbocycles. The summed E-state index contributed by atoms with van der Waals surface area (Å²) in [6.45, 7) is 6.79. The van der Waals surface area contributed by atoms with Crippen molar-refractivity contribution in [1.82, 2.24) is 10.3 Å². The normalized spacial score (nSPS) is 12.2. The molecule has 1 unspecified atom stereocenters. The van der Waals surface area contributed by atoms with Crippen molar-refractivity contribution in [1.29, 1.82) is 0 Å². The molecule has 1 atom stereocenters. The molecule has 0 bridgehead atoms. The van der Waals surface area contributed by atoms with Gasteiger partial charge in [-0.15, -0.1) is 0 Å². The van der Waals surface area contributed by atoms with Gasteiger partial charge in [-0.1, -0.05) is 19.1 Å². The lowest BCUT2D eigenvalue weighted by Crippen LogP contribution is -2.18. The van der Waals surface area contributed by atoms with Crippen LogP contribution in [0.3, 0.4) is 0 Å². The van der Waals surface area contributed by atoms with Gasteiger partial charge in [-0.3, -0.25) is 4.79 Å². The molecule has 2 N–H and O–H groups in total. The van der Waals surface area contributed by atoms with E-state index in [1.54, 1.807) is 6.92 Å². The second-order valence-corrected chi connectivity index (χ2v) is 4.63. The Morgan fingerprint density at radius 3 is 2.90 bits per heavy atom. The third-order valence-electron chi connectivity index (χ3n) is 3.11. The van der Waals surface area contributed by atoms with Crippen LogP contribution in [0.5, 0.6) is 0 Å². The molecule has 1 aromatic carbocycles. The molecule has 5 nitrogen and oxygen atoms in total. The first-order chi connectivity index (χ1) is 9.61. The van der Waals surface area contributed by atoms with E-state index in [9.17, 15) is 4.79 Å². The van der Waals surface area contributed by atoms with Crippen LogP contribution in [0.4, 0.5) is 5.69 Å². The maximum Gasteiger partial charge on any atom is 0.293 e. The van der Waals surface area contributed by atoms with Crippen LogP contribution in [-0.2, 0) is 0 Å². The van der Waals surface area contributed by atoms with Crippen LogP contribution >= 0.6 is 0 Å². The lowest BCUT2D eigenvalue weighted by atomic mass is 10.1. The zero-order chi connectivity index (χ0) is 14.5. The molecule has 0 fully saturated rings. The van der Waals surface area contributed by atoms with Gasteiger partial charge in [-0.2, -0.15) is 0 Å². The summed E-state index contributed by atoms with van der Waals surface area (Å²) < 4.78 is 5.08. The summed E-state index contributed by atoms with van der Waals surface area (Å²) in [7, 11) is 0. The fourth-order valence-corrected chi connectivity index (χ4v) is 2.02. The number of benzene rings is 1. The standard InChI is InChI=1S/C15H19N3O2/c1-4-16-10(2)12-6-5-7-13(8-12)18-15(19)14-11(3)17-9-20-14/h5-10,16H,4H2,1-3H3,(H,18,19). The smallest absolute Gasteiger partial charge is 0.293 e. The fraction of sp³-hybridized carbons (Fsp3) is 0.333. The molecule has 0 spiro atoms. The summed E-state index contributed by atoms with van der Waals surface area (Å²) in [4.78, 5) is 16.0. The quantitative estimate of drug-likeness (QED) is 0.879. The molecule has 2 rings (SSSR count). The molecular weight excluding hydrogens is 254 g/mol. The largest absolute Gasteiger partial charge is 0.438 e. The summed E-state index contributed by atoms with van der Waals surface area (Å²) >= 11 is 0. The molecule has 1 heterocycles. The monoisotopic (exact) mass is 273 g/mol. The highest BCUT2D eigenvalue weighted by Crippen LogP contribution is 2.18. The maximum absolute atomic E-state index is 12.0. The summed E-state index contributed by atoms with van der Waals surface area (Å²) in [5.41, 5.74) is 2.45. The molecule has 0 aliphatic rings. The highest BCUT2D eigenvalue weighted by molar-refractivity contribution is 6.02. The van der Waals surface area contributed by atoms with Crippen molar-refractivity contribution in [3.05, 3.63) is 47.7 Å². The Hall–Kier alpha value is -2.14. The first-order valence-electron chi connectivity index (χ1n) is 6.66. The number of aromatic nitrogens is 1. The molecule has 20 heavy (non-hydrogen) atoms. The molecule has 2 aromatic rings. The zero-order valence-electron chi connectivity index (χ0n) is 11.9. The molecule has 0 radical (unpaired) electrons. The Kier molecular flexibility index (Phi) is 4.53. The van der Waals surface area contributed by atoms with Crippen LogP contribution in [0.2, 0.25) is 0 Å². The van der Waals surface area contributed by atoms with Crippen molar-refractivity contribution in [2.24, 2.45) is 0 Å². The van der Waals surface area contributed by atoms with E-state index in [0.29, 0.717) is 5.69 Å². The Morgan fingerprint density at radius 1 is 1.45 bits per heavy atom. The van der Waals surface area contributed by atoms with Gasteiger partial charge in [0.2, 0.25) is 5.76 Å². The number of carbonyl (C=O) groups is 1. The second kappa shape index (κ2) is 6.34. The van der Waals surface area contributed by atoms with Gasteiger partial charge in [0.1, 0.15) is 0 Å². The zero-order valence-corrected chi connectivity index (χ0v) is 11.9. The molecule has 1 amide bonds. The van der Waals surface area contributed by atoms with E-state index in [1.165, 1.54) is 6.39 Å². The van der Waals surface area contributed by atoms with Crippen molar-refractivity contribution in [3.63, 3.8) is 0 Å². The van der Waals surface area contributed by atoms with Crippen LogP contribution in [0.15, 0.2) is 35.1 Å². The molecule has 0 aliphatic carbocycles. The summed E-state index contributed by atoms with van der Waals surface area (Å²) in [6.07, 6.45) is 1.27. The SMILES string of the molecule is CCNC(C)c1cccc(NC(=O)c2ocnc2C)c1. The van der Waals surface area contributed by atoms with Crippen molar-refractivity contribution < 1.29 is 9.21 Å². The number of nitrogens with one attached hydrogen (secondary N) is 2. The molecule has 1 aromatic heterocycles. The Balaban J connectivity index is 2.12. The average molecular weight is 273 g/mol. The number of hydrogen-bond donors (Lipinski definition) is 2. The summed E-state index contributed by atoms with van der Waals surface area (Å²) in [6, 6.07) is 8.00. The molecular formula is C15H19N3O2. The minimum absolute atomic E-state index is 0.240. The number of rotatable bonds is 5. The molecule has 5 heteroatoms. The Bertz CT molecular complexity index is 592. The minimum Gasteiger partial charge on any atom is -0.438 e. The summed E-state index contributed by atoms with van der Waals surface area (Å²) in [5.74, 6) is -0.0385. The Morgan fingerprint density at radius 2 is 2.25 bits per heavy atom. The van der Waals surface area contributed by atoms with E-state index < -0.39 is 0 Å². The highest BCUT2D eigenvalue weighted by atomic mass is 16.3. The van der Waals surface area contributed by atoms with Crippen molar-refractivity contribution in [2.45, 2.75) is 26.8 Å². The predicted molar refractivity (Wildman–Crippen MR) is 77.7 cm³/mol. The predicted octanol–water partition coefficient (Wildman–Crippen LogP) is 2.91. The van der Waals surface area contributed by atoms with Gasteiger partial charge in [0.15, 0.2) is 6.39 Å². The lowest BCUT2D eigenvalue weighted by molar-refractivity contribution is 0.0996. The molecule has 0 saturated heterocycles. The van der Waals surface area contributed by atoms with Crippen LogP contribution in [0.1, 0.15) is 41.7 Å². The first-order valence-corrected chi connectivity index (χ1v) is 6.66. The minimum atomic E-state index is -0.284. The topological polar surface area (TPSA) is 67.2 Å². The second-order valence-electron chi connectivity index (χ2n) is 4.63. The van der Waals surface area contributed by atoms with Gasteiger partial charge in [0.25, 0.3) is 5.91 Å². The average Bonchev–Trinajstić information content (AvgIpc) is 2.85. The van der Waals surface area contributed by atoms with Gasteiger partial charge >= 0.3 is 0 Å². The number of anilines is 1. The van der Waals surface area contributed by atoms with Crippen LogP contribution in [0, 0.1) is 6.92 Å². The van der Waals surface area contributed by atoms with E-state index >= 15 is 0 Å². The van der Waals surface area contributed by atoms with Gasteiger partial charge in [-0.05, 0) is 38.1 Å². The van der Waals surface area contributed by atoms with E-state index in [1.807, 2.05) is 24.3 Å². The maximum atomic E-state index is 12.0. The third kappa shape index (κ3) is 3.24. The molecule has 0 aliphatic heterocycles. The van der Waals surface area contributed by atoms with Gasteiger partial charge < -0.3 is 15.1 Å². The highest BCUT2D eigenvalue weighted by Gasteiger charge is 2.14. The van der Waals surface area contributed by atoms with Crippen molar-refractivity contribution in [3.8, 4) is 0 Å². The van der Waals surface area contributed by atoms with E-state index in [-0.39, 0.29) is 17.7 Å². The van der Waals surface area contributed by atoms with Gasteiger partial charge in [-0.25, -0.2) is 4.98 Å². The number of nitrogens with zero attached hydrogens (tertiary/aromatic N) is 1. The van der Waals surface area contributed by atoms with Crippen LogP contribution in [-0.4, -0.2) is 17.4 Å². The van der Waals surface area contributed by atoms with Crippen LogP contribution < -0.4 is 10.6 Å². The Labute approximate surface area is 118 Å². The van der Waals surface area contributed by atoms with Crippen molar-refractivity contribution >= 4 is 11.6 Å². The van der Waals surface area contributed by atoms with Gasteiger partial charge in [0, 0.05) is 11.7 Å². The van der Waals surface area contributed by atoms with E-state index in [2.05, 4.69) is 29.5 Å². The fourth-order valence-electron chi connectivity index (χ4n) is 2.02. The number of aryl methyl sites for hydroxylation is 1. The van der Waals surface area contributed by atoms with E-state index in [4.69, 9.17) is 4.42 Å². The lowest BCUT2D eigenvalue weighted by Gasteiger charge is -2.14. The van der Waals surface area contributed by atoms with Gasteiger partial charge in [0.05, 0.1) is 5.69 Å². The summed E-state index contributed by atoms with van der Waals surface area (Å²) in [5, 5.41) is 6.16. The number of oxazole rings is 1. The number of amides is 1.